The second-order valence-electron chi connectivity index (χ2n) is 5.72. The SMILES string of the molecule is O=C1CC(C(=O)N2CCCCC2)Cc2ccc(F)cc21. The number of carbonyl (C=O) groups is 2. The van der Waals surface area contributed by atoms with Gasteiger partial charge in [-0.15, -0.1) is 0 Å². The predicted molar refractivity (Wildman–Crippen MR) is 73.0 cm³/mol. The van der Waals surface area contributed by atoms with Gasteiger partial charge >= 0.3 is 0 Å². The molecule has 106 valence electrons. The Morgan fingerprint density at radius 3 is 2.65 bits per heavy atom. The molecule has 1 heterocycles. The number of Topliss-reactive ketones (excluding diaryl/α,β-unsaturated/α-hetero) is 1. The van der Waals surface area contributed by atoms with Crippen LogP contribution in [0.15, 0.2) is 18.2 Å². The molecule has 1 saturated heterocycles. The van der Waals surface area contributed by atoms with E-state index in [9.17, 15) is 14.0 Å². The number of ketones is 1. The smallest absolute Gasteiger partial charge is 0.226 e. The summed E-state index contributed by atoms with van der Waals surface area (Å²) in [6.07, 6.45) is 4.04. The van der Waals surface area contributed by atoms with Crippen molar-refractivity contribution < 1.29 is 14.0 Å². The van der Waals surface area contributed by atoms with Crippen LogP contribution in [0, 0.1) is 11.7 Å². The first-order chi connectivity index (χ1) is 9.65. The average molecular weight is 275 g/mol. The van der Waals surface area contributed by atoms with Crippen LogP contribution in [0.5, 0.6) is 0 Å². The Labute approximate surface area is 117 Å². The maximum Gasteiger partial charge on any atom is 0.226 e. The zero-order valence-electron chi connectivity index (χ0n) is 11.4. The minimum Gasteiger partial charge on any atom is -0.342 e. The second-order valence-corrected chi connectivity index (χ2v) is 5.72. The Bertz CT molecular complexity index is 549. The van der Waals surface area contributed by atoms with Crippen molar-refractivity contribution in [3.63, 3.8) is 0 Å². The van der Waals surface area contributed by atoms with Gasteiger partial charge < -0.3 is 4.90 Å². The van der Waals surface area contributed by atoms with Gasteiger partial charge in [0.25, 0.3) is 0 Å². The van der Waals surface area contributed by atoms with Gasteiger partial charge in [-0.05, 0) is 43.4 Å². The van der Waals surface area contributed by atoms with Crippen molar-refractivity contribution in [2.24, 2.45) is 5.92 Å². The number of hydrogen-bond acceptors (Lipinski definition) is 2. The second kappa shape index (κ2) is 5.35. The summed E-state index contributed by atoms with van der Waals surface area (Å²) in [6, 6.07) is 4.29. The van der Waals surface area contributed by atoms with E-state index >= 15 is 0 Å². The normalized spacial score (nSPS) is 22.6. The molecule has 1 fully saturated rings. The van der Waals surface area contributed by atoms with E-state index in [2.05, 4.69) is 0 Å². The van der Waals surface area contributed by atoms with Crippen molar-refractivity contribution in [2.45, 2.75) is 32.1 Å². The van der Waals surface area contributed by atoms with E-state index in [4.69, 9.17) is 0 Å². The van der Waals surface area contributed by atoms with E-state index in [1.54, 1.807) is 6.07 Å². The Hall–Kier alpha value is -1.71. The lowest BCUT2D eigenvalue weighted by Gasteiger charge is -2.32. The van der Waals surface area contributed by atoms with Crippen molar-refractivity contribution >= 4 is 11.7 Å². The van der Waals surface area contributed by atoms with Gasteiger partial charge in [0.15, 0.2) is 5.78 Å². The van der Waals surface area contributed by atoms with Crippen LogP contribution in [0.4, 0.5) is 4.39 Å². The van der Waals surface area contributed by atoms with Crippen LogP contribution in [-0.4, -0.2) is 29.7 Å². The van der Waals surface area contributed by atoms with Gasteiger partial charge in [0.1, 0.15) is 5.82 Å². The topological polar surface area (TPSA) is 37.4 Å². The third kappa shape index (κ3) is 2.47. The minimum atomic E-state index is -0.391. The molecule has 1 unspecified atom stereocenters. The Balaban J connectivity index is 1.79. The highest BCUT2D eigenvalue weighted by molar-refractivity contribution is 6.01. The first-order valence-electron chi connectivity index (χ1n) is 7.25. The molecule has 0 spiro atoms. The van der Waals surface area contributed by atoms with E-state index in [1.165, 1.54) is 18.6 Å². The molecule has 1 aromatic carbocycles. The molecule has 3 nitrogen and oxygen atoms in total. The summed E-state index contributed by atoms with van der Waals surface area (Å²) < 4.78 is 13.2. The van der Waals surface area contributed by atoms with Crippen molar-refractivity contribution in [1.82, 2.24) is 4.90 Å². The summed E-state index contributed by atoms with van der Waals surface area (Å²) in [5, 5.41) is 0. The molecular formula is C16H18FNO2. The number of benzene rings is 1. The summed E-state index contributed by atoms with van der Waals surface area (Å²) in [7, 11) is 0. The lowest BCUT2D eigenvalue weighted by atomic mass is 9.82. The number of halogens is 1. The zero-order valence-corrected chi connectivity index (χ0v) is 11.4. The maximum atomic E-state index is 13.2. The van der Waals surface area contributed by atoms with Gasteiger partial charge in [0.05, 0.1) is 0 Å². The van der Waals surface area contributed by atoms with Crippen LogP contribution in [-0.2, 0) is 11.2 Å². The highest BCUT2D eigenvalue weighted by atomic mass is 19.1. The quantitative estimate of drug-likeness (QED) is 0.790. The molecule has 1 atom stereocenters. The summed E-state index contributed by atoms with van der Waals surface area (Å²) in [4.78, 5) is 26.5. The first-order valence-corrected chi connectivity index (χ1v) is 7.25. The summed E-state index contributed by atoms with van der Waals surface area (Å²) >= 11 is 0. The lowest BCUT2D eigenvalue weighted by molar-refractivity contribution is -0.136. The molecule has 0 radical (unpaired) electrons. The highest BCUT2D eigenvalue weighted by Crippen LogP contribution is 2.28. The monoisotopic (exact) mass is 275 g/mol. The van der Waals surface area contributed by atoms with E-state index in [1.807, 2.05) is 4.90 Å². The number of likely N-dealkylation sites (tertiary alicyclic amines) is 1. The predicted octanol–water partition coefficient (Wildman–Crippen LogP) is 2.58. The van der Waals surface area contributed by atoms with Crippen LogP contribution < -0.4 is 0 Å². The van der Waals surface area contributed by atoms with Crippen LogP contribution in [0.25, 0.3) is 0 Å². The van der Waals surface area contributed by atoms with Crippen LogP contribution in [0.2, 0.25) is 0 Å². The van der Waals surface area contributed by atoms with E-state index in [0.717, 1.165) is 31.5 Å². The fourth-order valence-electron chi connectivity index (χ4n) is 3.20. The van der Waals surface area contributed by atoms with Crippen LogP contribution in [0.3, 0.4) is 0 Å². The standard InChI is InChI=1S/C16H18FNO2/c17-13-5-4-11-8-12(9-15(19)14(11)10-13)16(20)18-6-2-1-3-7-18/h4-5,10,12H,1-3,6-9H2. The fraction of sp³-hybridized carbons (Fsp3) is 0.500. The van der Waals surface area contributed by atoms with Crippen LogP contribution in [0.1, 0.15) is 41.6 Å². The van der Waals surface area contributed by atoms with Gasteiger partial charge in [0, 0.05) is 31.0 Å². The number of rotatable bonds is 1. The Kier molecular flexibility index (Phi) is 3.55. The van der Waals surface area contributed by atoms with Gasteiger partial charge in [-0.2, -0.15) is 0 Å². The molecular weight excluding hydrogens is 257 g/mol. The van der Waals surface area contributed by atoms with Gasteiger partial charge in [-0.25, -0.2) is 4.39 Å². The summed E-state index contributed by atoms with van der Waals surface area (Å²) in [6.45, 7) is 1.61. The number of amides is 1. The Morgan fingerprint density at radius 1 is 1.15 bits per heavy atom. The van der Waals surface area contributed by atoms with Crippen molar-refractivity contribution in [3.05, 3.63) is 35.1 Å². The first kappa shape index (κ1) is 13.3. The molecule has 4 heteroatoms. The number of hydrogen-bond donors (Lipinski definition) is 0. The van der Waals surface area contributed by atoms with Crippen molar-refractivity contribution in [2.75, 3.05) is 13.1 Å². The molecule has 0 saturated carbocycles. The van der Waals surface area contributed by atoms with Gasteiger partial charge in [-0.3, -0.25) is 9.59 Å². The highest BCUT2D eigenvalue weighted by Gasteiger charge is 2.32. The molecule has 1 amide bonds. The van der Waals surface area contributed by atoms with E-state index < -0.39 is 5.82 Å². The number of nitrogens with zero attached hydrogens (tertiary/aromatic N) is 1. The molecule has 0 N–H and O–H groups in total. The van der Waals surface area contributed by atoms with Gasteiger partial charge in [-0.1, -0.05) is 6.07 Å². The minimum absolute atomic E-state index is 0.0908. The summed E-state index contributed by atoms with van der Waals surface area (Å²) in [5.74, 6) is -0.675. The molecule has 3 rings (SSSR count). The molecule has 0 bridgehead atoms. The van der Waals surface area contributed by atoms with Gasteiger partial charge in [0.2, 0.25) is 5.91 Å². The number of fused-ring (bicyclic) bond motifs is 1. The molecule has 2 aliphatic rings. The molecule has 0 aromatic heterocycles. The largest absolute Gasteiger partial charge is 0.342 e. The zero-order chi connectivity index (χ0) is 14.1. The lowest BCUT2D eigenvalue weighted by Crippen LogP contribution is -2.42. The van der Waals surface area contributed by atoms with Crippen LogP contribution >= 0.6 is 0 Å². The Morgan fingerprint density at radius 2 is 1.90 bits per heavy atom. The fourth-order valence-corrected chi connectivity index (χ4v) is 3.20. The third-order valence-electron chi connectivity index (χ3n) is 4.29. The maximum absolute atomic E-state index is 13.2. The molecule has 1 aromatic rings. The summed E-state index contributed by atoms with van der Waals surface area (Å²) in [5.41, 5.74) is 1.26. The average Bonchev–Trinajstić information content (AvgIpc) is 2.48. The molecule has 1 aliphatic heterocycles. The number of piperidine rings is 1. The van der Waals surface area contributed by atoms with E-state index in [-0.39, 0.29) is 24.0 Å². The van der Waals surface area contributed by atoms with Crippen molar-refractivity contribution in [3.8, 4) is 0 Å². The molecule has 1 aliphatic carbocycles. The third-order valence-corrected chi connectivity index (χ3v) is 4.29. The van der Waals surface area contributed by atoms with E-state index in [0.29, 0.717) is 12.0 Å². The molecule has 20 heavy (non-hydrogen) atoms. The van der Waals surface area contributed by atoms with Crippen molar-refractivity contribution in [1.29, 1.82) is 0 Å². The number of carbonyl (C=O) groups excluding carboxylic acids is 2.